The molecule has 8 heteroatoms. The second-order valence-corrected chi connectivity index (χ2v) is 6.89. The molecule has 7 nitrogen and oxygen atoms in total. The molecule has 1 N–H and O–H groups in total. The zero-order valence-corrected chi connectivity index (χ0v) is 14.8. The van der Waals surface area contributed by atoms with E-state index in [9.17, 15) is 14.9 Å². The van der Waals surface area contributed by atoms with Crippen molar-refractivity contribution in [2.75, 3.05) is 25.5 Å². The molecular weight excluding hydrogens is 342 g/mol. The molecule has 0 spiro atoms. The molecule has 3 rings (SSSR count). The number of amides is 1. The summed E-state index contributed by atoms with van der Waals surface area (Å²) in [5.74, 6) is 0.176. The van der Waals surface area contributed by atoms with E-state index in [1.165, 1.54) is 35.7 Å². The zero-order valence-electron chi connectivity index (χ0n) is 14.0. The second kappa shape index (κ2) is 7.20. The molecule has 1 atom stereocenters. The van der Waals surface area contributed by atoms with Crippen LogP contribution in [0.15, 0.2) is 29.6 Å². The van der Waals surface area contributed by atoms with Crippen LogP contribution in [0.1, 0.15) is 23.4 Å². The number of nitro benzene ring substituents is 1. The van der Waals surface area contributed by atoms with Gasteiger partial charge in [-0.1, -0.05) is 0 Å². The van der Waals surface area contributed by atoms with Crippen LogP contribution in [0.2, 0.25) is 0 Å². The number of carbonyl (C=O) groups excluding carboxylic acids is 1. The quantitative estimate of drug-likeness (QED) is 0.653. The molecular formula is C17H19N3O4S. The van der Waals surface area contributed by atoms with Gasteiger partial charge in [0, 0.05) is 29.6 Å². The SMILES string of the molecule is COc1ccc([N+](=O)[O-])cc1NC(=O)CN1CCc2sccc2[C@@H]1C. The molecule has 2 heterocycles. The highest BCUT2D eigenvalue weighted by molar-refractivity contribution is 7.10. The van der Waals surface area contributed by atoms with Gasteiger partial charge in [-0.05, 0) is 36.4 Å². The van der Waals surface area contributed by atoms with Gasteiger partial charge in [0.1, 0.15) is 5.75 Å². The van der Waals surface area contributed by atoms with E-state index in [0.29, 0.717) is 11.4 Å². The van der Waals surface area contributed by atoms with Gasteiger partial charge >= 0.3 is 0 Å². The van der Waals surface area contributed by atoms with Gasteiger partial charge in [0.05, 0.1) is 24.3 Å². The van der Waals surface area contributed by atoms with Gasteiger partial charge in [-0.2, -0.15) is 0 Å². The summed E-state index contributed by atoms with van der Waals surface area (Å²) in [5, 5.41) is 15.8. The number of nitro groups is 1. The van der Waals surface area contributed by atoms with E-state index in [2.05, 4.69) is 28.6 Å². The van der Waals surface area contributed by atoms with E-state index < -0.39 is 4.92 Å². The standard InChI is InChI=1S/C17H19N3O4S/c1-11-13-6-8-25-16(13)5-7-19(11)10-17(21)18-14-9-12(20(22)23)3-4-15(14)24-2/h3-4,6,8-9,11H,5,7,10H2,1-2H3,(H,18,21)/t11-/m0/s1. The normalized spacial score (nSPS) is 17.0. The van der Waals surface area contributed by atoms with Crippen molar-refractivity contribution < 1.29 is 14.5 Å². The van der Waals surface area contributed by atoms with Crippen LogP contribution in [-0.4, -0.2) is 35.9 Å². The average molecular weight is 361 g/mol. The fraction of sp³-hybridized carbons (Fsp3) is 0.353. The highest BCUT2D eigenvalue weighted by Crippen LogP contribution is 2.33. The van der Waals surface area contributed by atoms with E-state index in [0.717, 1.165) is 13.0 Å². The van der Waals surface area contributed by atoms with Crippen molar-refractivity contribution >= 4 is 28.6 Å². The Balaban J connectivity index is 1.71. The van der Waals surface area contributed by atoms with Crippen molar-refractivity contribution in [1.29, 1.82) is 0 Å². The minimum Gasteiger partial charge on any atom is -0.495 e. The monoisotopic (exact) mass is 361 g/mol. The number of carbonyl (C=O) groups is 1. The Hall–Kier alpha value is -2.45. The molecule has 2 aromatic rings. The van der Waals surface area contributed by atoms with Crippen LogP contribution < -0.4 is 10.1 Å². The number of benzene rings is 1. The summed E-state index contributed by atoms with van der Waals surface area (Å²) in [6.07, 6.45) is 0.935. The molecule has 1 amide bonds. The third-order valence-corrected chi connectivity index (χ3v) is 5.41. The summed E-state index contributed by atoms with van der Waals surface area (Å²) in [7, 11) is 1.46. The van der Waals surface area contributed by atoms with E-state index in [4.69, 9.17) is 4.74 Å². The first-order chi connectivity index (χ1) is 12.0. The number of rotatable bonds is 5. The molecule has 0 fully saturated rings. The molecule has 0 saturated heterocycles. The molecule has 0 radical (unpaired) electrons. The summed E-state index contributed by atoms with van der Waals surface area (Å²) < 4.78 is 5.18. The van der Waals surface area contributed by atoms with Crippen LogP contribution in [0.3, 0.4) is 0 Å². The van der Waals surface area contributed by atoms with Gasteiger partial charge in [-0.3, -0.25) is 19.8 Å². The number of non-ortho nitro benzene ring substituents is 1. The average Bonchev–Trinajstić information content (AvgIpc) is 3.06. The van der Waals surface area contributed by atoms with Crippen molar-refractivity contribution in [3.63, 3.8) is 0 Å². The fourth-order valence-electron chi connectivity index (χ4n) is 3.06. The Bertz CT molecular complexity index is 805. The van der Waals surface area contributed by atoms with Crippen LogP contribution in [0.25, 0.3) is 0 Å². The lowest BCUT2D eigenvalue weighted by molar-refractivity contribution is -0.384. The lowest BCUT2D eigenvalue weighted by Gasteiger charge is -2.32. The second-order valence-electron chi connectivity index (χ2n) is 5.89. The predicted octanol–water partition coefficient (Wildman–Crippen LogP) is 3.22. The minimum atomic E-state index is -0.500. The summed E-state index contributed by atoms with van der Waals surface area (Å²) in [4.78, 5) is 26.4. The van der Waals surface area contributed by atoms with E-state index in [-0.39, 0.29) is 24.2 Å². The van der Waals surface area contributed by atoms with E-state index in [1.54, 1.807) is 11.3 Å². The largest absolute Gasteiger partial charge is 0.495 e. The summed E-state index contributed by atoms with van der Waals surface area (Å²) >= 11 is 1.75. The van der Waals surface area contributed by atoms with Crippen LogP contribution in [0.4, 0.5) is 11.4 Å². The lowest BCUT2D eigenvalue weighted by atomic mass is 10.0. The zero-order chi connectivity index (χ0) is 18.0. The van der Waals surface area contributed by atoms with Gasteiger partial charge in [-0.15, -0.1) is 11.3 Å². The third kappa shape index (κ3) is 3.64. The smallest absolute Gasteiger partial charge is 0.271 e. The highest BCUT2D eigenvalue weighted by atomic mass is 32.1. The van der Waals surface area contributed by atoms with E-state index in [1.807, 2.05) is 0 Å². The molecule has 132 valence electrons. The Morgan fingerprint density at radius 3 is 3.00 bits per heavy atom. The minimum absolute atomic E-state index is 0.0923. The number of anilines is 1. The number of thiophene rings is 1. The van der Waals surface area contributed by atoms with Gasteiger partial charge in [0.15, 0.2) is 0 Å². The maximum Gasteiger partial charge on any atom is 0.271 e. The molecule has 1 aromatic carbocycles. The first-order valence-electron chi connectivity index (χ1n) is 7.92. The molecule has 1 aliphatic rings. The first kappa shape index (κ1) is 17.4. The summed E-state index contributed by atoms with van der Waals surface area (Å²) in [5.41, 5.74) is 1.49. The van der Waals surface area contributed by atoms with Crippen molar-refractivity contribution in [1.82, 2.24) is 4.90 Å². The number of methoxy groups -OCH3 is 1. The first-order valence-corrected chi connectivity index (χ1v) is 8.80. The third-order valence-electron chi connectivity index (χ3n) is 4.42. The summed E-state index contributed by atoms with van der Waals surface area (Å²) in [6.45, 7) is 3.13. The number of nitrogens with one attached hydrogen (secondary N) is 1. The topological polar surface area (TPSA) is 84.7 Å². The van der Waals surface area contributed by atoms with Crippen LogP contribution in [-0.2, 0) is 11.2 Å². The van der Waals surface area contributed by atoms with Crippen molar-refractivity contribution in [2.24, 2.45) is 0 Å². The van der Waals surface area contributed by atoms with E-state index >= 15 is 0 Å². The van der Waals surface area contributed by atoms with Gasteiger partial charge in [-0.25, -0.2) is 0 Å². The molecule has 0 unspecified atom stereocenters. The van der Waals surface area contributed by atoms with Crippen LogP contribution >= 0.6 is 11.3 Å². The molecule has 1 aliphatic heterocycles. The molecule has 0 saturated carbocycles. The van der Waals surface area contributed by atoms with Gasteiger partial charge in [0.25, 0.3) is 5.69 Å². The molecule has 1 aromatic heterocycles. The maximum atomic E-state index is 12.5. The molecule has 25 heavy (non-hydrogen) atoms. The number of ether oxygens (including phenoxy) is 1. The van der Waals surface area contributed by atoms with Crippen molar-refractivity contribution in [2.45, 2.75) is 19.4 Å². The molecule has 0 bridgehead atoms. The van der Waals surface area contributed by atoms with Gasteiger partial charge < -0.3 is 10.1 Å². The highest BCUT2D eigenvalue weighted by Gasteiger charge is 2.26. The Morgan fingerprint density at radius 2 is 2.28 bits per heavy atom. The molecule has 0 aliphatic carbocycles. The van der Waals surface area contributed by atoms with Crippen LogP contribution in [0.5, 0.6) is 5.75 Å². The number of hydrogen-bond donors (Lipinski definition) is 1. The predicted molar refractivity (Wildman–Crippen MR) is 96.3 cm³/mol. The van der Waals surface area contributed by atoms with Crippen LogP contribution in [0, 0.1) is 10.1 Å². The fourth-order valence-corrected chi connectivity index (χ4v) is 4.02. The lowest BCUT2D eigenvalue weighted by Crippen LogP contribution is -2.39. The van der Waals surface area contributed by atoms with Crippen molar-refractivity contribution in [3.8, 4) is 5.75 Å². The number of nitrogens with zero attached hydrogens (tertiary/aromatic N) is 2. The van der Waals surface area contributed by atoms with Gasteiger partial charge in [0.2, 0.25) is 5.91 Å². The Morgan fingerprint density at radius 1 is 1.48 bits per heavy atom. The Labute approximate surface area is 149 Å². The van der Waals surface area contributed by atoms with Crippen molar-refractivity contribution in [3.05, 3.63) is 50.2 Å². The Kier molecular flexibility index (Phi) is 5.00. The number of fused-ring (bicyclic) bond motifs is 1. The number of hydrogen-bond acceptors (Lipinski definition) is 6. The maximum absolute atomic E-state index is 12.5. The summed E-state index contributed by atoms with van der Waals surface area (Å²) in [6, 6.07) is 6.42.